The molecule has 1 aliphatic rings. The lowest BCUT2D eigenvalue weighted by molar-refractivity contribution is 0.0657. The van der Waals surface area contributed by atoms with Gasteiger partial charge in [-0.15, -0.1) is 0 Å². The van der Waals surface area contributed by atoms with E-state index >= 15 is 0 Å². The van der Waals surface area contributed by atoms with Crippen LogP contribution in [-0.2, 0) is 9.47 Å². The van der Waals surface area contributed by atoms with Gasteiger partial charge in [-0.05, 0) is 13.0 Å². The van der Waals surface area contributed by atoms with Crippen LogP contribution in [0.3, 0.4) is 0 Å². The van der Waals surface area contributed by atoms with Crippen LogP contribution in [0.1, 0.15) is 6.92 Å². The van der Waals surface area contributed by atoms with Crippen LogP contribution >= 0.6 is 0 Å². The van der Waals surface area contributed by atoms with E-state index in [2.05, 4.69) is 0 Å². The summed E-state index contributed by atoms with van der Waals surface area (Å²) in [6, 6.07) is 0.840. The quantitative estimate of drug-likeness (QED) is 0.413. The summed E-state index contributed by atoms with van der Waals surface area (Å²) < 4.78 is 10.4. The number of rotatable bonds is 5. The second kappa shape index (κ2) is 4.17. The zero-order chi connectivity index (χ0) is 8.27. The van der Waals surface area contributed by atoms with Crippen molar-refractivity contribution in [2.24, 2.45) is 10.8 Å². The first-order valence-electron chi connectivity index (χ1n) is 3.93. The van der Waals surface area contributed by atoms with E-state index in [1.807, 2.05) is 6.92 Å². The highest BCUT2D eigenvalue weighted by molar-refractivity contribution is 6.51. The van der Waals surface area contributed by atoms with Gasteiger partial charge in [0.25, 0.3) is 0 Å². The molecule has 0 aliphatic carbocycles. The van der Waals surface area contributed by atoms with Crippen LogP contribution in [0.5, 0.6) is 0 Å². The lowest BCUT2D eigenvalue weighted by atomic mass is 10.4. The lowest BCUT2D eigenvalue weighted by Gasteiger charge is -2.12. The molecule has 2 unspecified atom stereocenters. The van der Waals surface area contributed by atoms with Crippen LogP contribution in [0.4, 0.5) is 0 Å². The van der Waals surface area contributed by atoms with Gasteiger partial charge in [0.1, 0.15) is 6.10 Å². The fraction of sp³-hybridized carbons (Fsp3) is 1.00. The van der Waals surface area contributed by atoms with Crippen molar-refractivity contribution in [3.8, 4) is 0 Å². The summed E-state index contributed by atoms with van der Waals surface area (Å²) in [5, 5.41) is 11.0. The molecular weight excluding hydrogens is 160 g/mol. The molecule has 0 aromatic rings. The predicted molar refractivity (Wildman–Crippen MR) is 45.5 cm³/mol. The van der Waals surface area contributed by atoms with Gasteiger partial charge in [-0.2, -0.15) is 0 Å². The van der Waals surface area contributed by atoms with Crippen molar-refractivity contribution >= 4 is 9.12 Å². The van der Waals surface area contributed by atoms with Gasteiger partial charge < -0.3 is 20.3 Å². The number of ether oxygens (including phenoxy) is 2. The molecular formula is C6H16N2O2Si. The monoisotopic (exact) mass is 176 g/mol. The van der Waals surface area contributed by atoms with Crippen molar-refractivity contribution < 1.29 is 9.47 Å². The first-order chi connectivity index (χ1) is 5.18. The molecule has 0 saturated carbocycles. The van der Waals surface area contributed by atoms with Crippen molar-refractivity contribution in [1.29, 1.82) is 0 Å². The molecule has 11 heavy (non-hydrogen) atoms. The number of hydrogen-bond donors (Lipinski definition) is 2. The maximum absolute atomic E-state index is 5.52. The standard InChI is InChI=1S/C6H16N2O2Si/c1-5(4-11(7)8)9-2-6-3-10-6/h5-6,11H,2-4,7-8H2,1H3. The fourth-order valence-electron chi connectivity index (χ4n) is 0.887. The Morgan fingerprint density at radius 1 is 1.73 bits per heavy atom. The molecule has 0 radical (unpaired) electrons. The van der Waals surface area contributed by atoms with E-state index in [0.29, 0.717) is 12.7 Å². The van der Waals surface area contributed by atoms with E-state index in [1.54, 1.807) is 0 Å². The van der Waals surface area contributed by atoms with Gasteiger partial charge in [-0.25, -0.2) is 0 Å². The fourth-order valence-corrected chi connectivity index (χ4v) is 1.79. The molecule has 1 fully saturated rings. The van der Waals surface area contributed by atoms with E-state index in [1.165, 1.54) is 0 Å². The topological polar surface area (TPSA) is 73.8 Å². The van der Waals surface area contributed by atoms with Crippen LogP contribution in [0.15, 0.2) is 0 Å². The number of hydrogen-bond acceptors (Lipinski definition) is 4. The van der Waals surface area contributed by atoms with E-state index in [9.17, 15) is 0 Å². The minimum atomic E-state index is -1.44. The zero-order valence-corrected chi connectivity index (χ0v) is 7.98. The second-order valence-electron chi connectivity index (χ2n) is 3.00. The van der Waals surface area contributed by atoms with Crippen LogP contribution in [0.25, 0.3) is 0 Å². The third kappa shape index (κ3) is 4.49. The normalized spacial score (nSPS) is 25.6. The Labute approximate surface area is 68.6 Å². The van der Waals surface area contributed by atoms with Crippen molar-refractivity contribution in [2.45, 2.75) is 25.2 Å². The highest BCUT2D eigenvalue weighted by atomic mass is 28.3. The van der Waals surface area contributed by atoms with Crippen LogP contribution in [-0.4, -0.2) is 34.5 Å². The summed E-state index contributed by atoms with van der Waals surface area (Å²) in [6.07, 6.45) is 0.541. The van der Waals surface area contributed by atoms with Crippen molar-refractivity contribution in [1.82, 2.24) is 0 Å². The summed E-state index contributed by atoms with van der Waals surface area (Å²) in [4.78, 5) is 0. The number of nitrogens with two attached hydrogens (primary N) is 2. The van der Waals surface area contributed by atoms with Crippen LogP contribution < -0.4 is 10.8 Å². The van der Waals surface area contributed by atoms with Gasteiger partial charge in [0.2, 0.25) is 0 Å². The summed E-state index contributed by atoms with van der Waals surface area (Å²) >= 11 is 0. The van der Waals surface area contributed by atoms with E-state index in [4.69, 9.17) is 20.3 Å². The predicted octanol–water partition coefficient (Wildman–Crippen LogP) is -1.07. The molecule has 66 valence electrons. The van der Waals surface area contributed by atoms with Crippen LogP contribution in [0.2, 0.25) is 6.04 Å². The Morgan fingerprint density at radius 2 is 2.36 bits per heavy atom. The molecule has 1 aliphatic heterocycles. The van der Waals surface area contributed by atoms with Gasteiger partial charge in [-0.3, -0.25) is 0 Å². The van der Waals surface area contributed by atoms with Gasteiger partial charge in [0, 0.05) is 0 Å². The Balaban J connectivity index is 1.95. The summed E-state index contributed by atoms with van der Waals surface area (Å²) in [6.45, 7) is 3.54. The lowest BCUT2D eigenvalue weighted by Crippen LogP contribution is -2.39. The minimum absolute atomic E-state index is 0.200. The Morgan fingerprint density at radius 3 is 2.82 bits per heavy atom. The third-order valence-corrected chi connectivity index (χ3v) is 2.78. The molecule has 1 rings (SSSR count). The molecule has 5 heteroatoms. The molecule has 2 atom stereocenters. The van der Waals surface area contributed by atoms with E-state index < -0.39 is 9.12 Å². The Kier molecular flexibility index (Phi) is 3.47. The average molecular weight is 176 g/mol. The summed E-state index contributed by atoms with van der Waals surface area (Å²) in [7, 11) is -1.44. The second-order valence-corrected chi connectivity index (χ2v) is 4.80. The van der Waals surface area contributed by atoms with Gasteiger partial charge in [0.15, 0.2) is 9.12 Å². The van der Waals surface area contributed by atoms with Gasteiger partial charge in [0.05, 0.1) is 19.3 Å². The van der Waals surface area contributed by atoms with E-state index in [0.717, 1.165) is 12.7 Å². The number of epoxide rings is 1. The smallest absolute Gasteiger partial charge is 0.181 e. The van der Waals surface area contributed by atoms with Crippen molar-refractivity contribution in [3.63, 3.8) is 0 Å². The van der Waals surface area contributed by atoms with Gasteiger partial charge >= 0.3 is 0 Å². The molecule has 4 N–H and O–H groups in total. The first-order valence-corrected chi connectivity index (χ1v) is 6.08. The SMILES string of the molecule is CC(C[SiH](N)N)OCC1CO1. The minimum Gasteiger partial charge on any atom is -0.376 e. The molecule has 0 amide bonds. The molecule has 1 heterocycles. The highest BCUT2D eigenvalue weighted by Gasteiger charge is 2.23. The molecule has 0 aromatic carbocycles. The largest absolute Gasteiger partial charge is 0.376 e. The average Bonchev–Trinajstić information content (AvgIpc) is 2.63. The molecule has 0 aromatic heterocycles. The van der Waals surface area contributed by atoms with E-state index in [-0.39, 0.29) is 6.10 Å². The highest BCUT2D eigenvalue weighted by Crippen LogP contribution is 2.10. The summed E-state index contributed by atoms with van der Waals surface area (Å²) in [5.74, 6) is 0. The zero-order valence-electron chi connectivity index (χ0n) is 6.82. The molecule has 1 saturated heterocycles. The summed E-state index contributed by atoms with van der Waals surface area (Å²) in [5.41, 5.74) is 0. The van der Waals surface area contributed by atoms with Crippen molar-refractivity contribution in [3.05, 3.63) is 0 Å². The van der Waals surface area contributed by atoms with Crippen molar-refractivity contribution in [2.75, 3.05) is 13.2 Å². The Bertz CT molecular complexity index is 119. The maximum Gasteiger partial charge on any atom is 0.181 e. The third-order valence-electron chi connectivity index (χ3n) is 1.57. The van der Waals surface area contributed by atoms with Crippen LogP contribution in [0, 0.1) is 0 Å². The van der Waals surface area contributed by atoms with Gasteiger partial charge in [-0.1, -0.05) is 0 Å². The molecule has 0 bridgehead atoms. The molecule has 0 spiro atoms. The Hall–Kier alpha value is 0.0569. The first kappa shape index (κ1) is 9.15. The molecule has 4 nitrogen and oxygen atoms in total. The maximum atomic E-state index is 5.52.